The fourth-order valence-corrected chi connectivity index (χ4v) is 4.12. The highest BCUT2D eigenvalue weighted by Gasteiger charge is 2.36. The molecule has 0 bridgehead atoms. The number of imidazole rings is 1. The molecule has 1 saturated carbocycles. The van der Waals surface area contributed by atoms with Crippen LogP contribution in [-0.4, -0.2) is 34.0 Å². The van der Waals surface area contributed by atoms with Crippen LogP contribution < -0.4 is 4.48 Å². The third-order valence-electron chi connectivity index (χ3n) is 5.75. The van der Waals surface area contributed by atoms with Crippen molar-refractivity contribution in [3.05, 3.63) is 54.6 Å². The minimum Gasteiger partial charge on any atom is -0.348 e. The van der Waals surface area contributed by atoms with Crippen LogP contribution in [0.3, 0.4) is 0 Å². The Hall–Kier alpha value is -2.53. The van der Waals surface area contributed by atoms with Crippen molar-refractivity contribution in [1.82, 2.24) is 19.0 Å². The van der Waals surface area contributed by atoms with E-state index in [4.69, 9.17) is 0 Å². The topological polar surface area (TPSA) is 47.8 Å². The van der Waals surface area contributed by atoms with Gasteiger partial charge in [0.15, 0.2) is 0 Å². The lowest BCUT2D eigenvalue weighted by molar-refractivity contribution is -0.118. The number of nitrogens with zero attached hydrogens (tertiary/aromatic N) is 4. The van der Waals surface area contributed by atoms with Gasteiger partial charge in [-0.05, 0) is 30.5 Å². The van der Waals surface area contributed by atoms with Gasteiger partial charge in [-0.2, -0.15) is 0 Å². The Bertz CT molecular complexity index is 868. The minimum atomic E-state index is 0.381. The molecule has 1 aromatic rings. The van der Waals surface area contributed by atoms with Gasteiger partial charge < -0.3 is 4.57 Å². The number of hydrogen-bond donors (Lipinski definition) is 0. The van der Waals surface area contributed by atoms with Crippen molar-refractivity contribution in [3.8, 4) is 11.4 Å². The predicted molar refractivity (Wildman–Crippen MR) is 103 cm³/mol. The molecular formula is C21H25N4O+. The number of pyridine rings is 1. The van der Waals surface area contributed by atoms with E-state index in [1.54, 1.807) is 6.33 Å². The van der Waals surface area contributed by atoms with Crippen LogP contribution in [0.5, 0.6) is 0 Å². The summed E-state index contributed by atoms with van der Waals surface area (Å²) in [4.78, 5) is 20.5. The van der Waals surface area contributed by atoms with Crippen molar-refractivity contribution in [1.29, 1.82) is 0 Å². The van der Waals surface area contributed by atoms with E-state index >= 15 is 0 Å². The molecule has 5 heteroatoms. The van der Waals surface area contributed by atoms with Crippen LogP contribution in [0.2, 0.25) is 0 Å². The van der Waals surface area contributed by atoms with Gasteiger partial charge in [0.1, 0.15) is 23.8 Å². The third-order valence-corrected chi connectivity index (χ3v) is 5.75. The molecule has 0 radical (unpaired) electrons. The first-order valence-electron chi connectivity index (χ1n) is 9.37. The molecule has 1 unspecified atom stereocenters. The lowest BCUT2D eigenvalue weighted by Crippen LogP contribution is -2.53. The number of fused-ring (bicyclic) bond motifs is 1. The highest BCUT2D eigenvalue weighted by Crippen LogP contribution is 2.32. The molecule has 3 aliphatic rings. The van der Waals surface area contributed by atoms with Crippen LogP contribution in [0.25, 0.3) is 11.4 Å². The summed E-state index contributed by atoms with van der Waals surface area (Å²) in [5.41, 5.74) is 4.09. The van der Waals surface area contributed by atoms with Gasteiger partial charge >= 0.3 is 6.41 Å². The summed E-state index contributed by atoms with van der Waals surface area (Å²) >= 11 is 0. The second kappa shape index (κ2) is 7.00. The van der Waals surface area contributed by atoms with Crippen molar-refractivity contribution >= 4 is 12.1 Å². The first kappa shape index (κ1) is 16.9. The fraction of sp³-hybridized carbons (Fsp3) is 0.381. The van der Waals surface area contributed by atoms with Crippen LogP contribution in [0, 0.1) is 0 Å². The predicted octanol–water partition coefficient (Wildman–Crippen LogP) is 3.86. The maximum Gasteiger partial charge on any atom is 0.306 e. The maximum atomic E-state index is 12.1. The average Bonchev–Trinajstić information content (AvgIpc) is 3.16. The van der Waals surface area contributed by atoms with E-state index in [0.717, 1.165) is 42.9 Å². The van der Waals surface area contributed by atoms with Crippen molar-refractivity contribution in [2.45, 2.75) is 44.7 Å². The normalized spacial score (nSPS) is 17.9. The molecule has 1 fully saturated rings. The zero-order valence-corrected chi connectivity index (χ0v) is 15.2. The largest absolute Gasteiger partial charge is 0.348 e. The number of quaternary nitrogens is 1. The number of hydrogen-bond acceptors (Lipinski definition) is 3. The molecule has 134 valence electrons. The molecule has 2 aliphatic heterocycles. The molecule has 0 N–H and O–H groups in total. The van der Waals surface area contributed by atoms with Gasteiger partial charge in [0.25, 0.3) is 0 Å². The minimum absolute atomic E-state index is 0.381. The van der Waals surface area contributed by atoms with E-state index in [2.05, 4.69) is 45.8 Å². The number of aromatic nitrogens is 3. The van der Waals surface area contributed by atoms with E-state index < -0.39 is 0 Å². The molecular weight excluding hydrogens is 324 g/mol. The quantitative estimate of drug-likeness (QED) is 0.519. The molecule has 1 atom stereocenters. The van der Waals surface area contributed by atoms with Gasteiger partial charge in [0, 0.05) is 37.8 Å². The Kier molecular flexibility index (Phi) is 4.55. The lowest BCUT2D eigenvalue weighted by Gasteiger charge is -2.37. The smallest absolute Gasteiger partial charge is 0.306 e. The van der Waals surface area contributed by atoms with E-state index in [1.165, 1.54) is 24.8 Å². The van der Waals surface area contributed by atoms with Gasteiger partial charge in [0.05, 0.1) is 12.7 Å². The van der Waals surface area contributed by atoms with Crippen molar-refractivity contribution in [2.24, 2.45) is 0 Å². The summed E-state index contributed by atoms with van der Waals surface area (Å²) in [6.45, 7) is 0.750. The Morgan fingerprint density at radius 1 is 1.15 bits per heavy atom. The zero-order valence-electron chi connectivity index (χ0n) is 15.2. The van der Waals surface area contributed by atoms with Crippen LogP contribution in [0.15, 0.2) is 49.1 Å². The molecule has 1 aliphatic carbocycles. The summed E-state index contributed by atoms with van der Waals surface area (Å²) in [6.07, 6.45) is 12.7. The Morgan fingerprint density at radius 3 is 2.77 bits per heavy atom. The lowest BCUT2D eigenvalue weighted by atomic mass is 9.92. The van der Waals surface area contributed by atoms with E-state index in [-0.39, 0.29) is 0 Å². The molecule has 0 aromatic heterocycles. The SMILES string of the molecule is C[N+](C=O)(c1cccc(Cn2ccc3ncnc-3c2)c1)C1CCCCC1. The van der Waals surface area contributed by atoms with Crippen LogP contribution in [-0.2, 0) is 11.3 Å². The number of amides is 1. The number of carbonyl (C=O) groups excluding carboxylic acids is 1. The summed E-state index contributed by atoms with van der Waals surface area (Å²) in [7, 11) is 2.06. The Morgan fingerprint density at radius 2 is 1.96 bits per heavy atom. The van der Waals surface area contributed by atoms with Gasteiger partial charge in [-0.15, -0.1) is 0 Å². The Labute approximate surface area is 154 Å². The van der Waals surface area contributed by atoms with Crippen molar-refractivity contribution < 1.29 is 4.79 Å². The fourth-order valence-electron chi connectivity index (χ4n) is 4.12. The van der Waals surface area contributed by atoms with Crippen LogP contribution in [0.1, 0.15) is 37.7 Å². The third kappa shape index (κ3) is 3.15. The van der Waals surface area contributed by atoms with E-state index in [0.29, 0.717) is 10.5 Å². The molecule has 2 heterocycles. The average molecular weight is 349 g/mol. The summed E-state index contributed by atoms with van der Waals surface area (Å²) in [6, 6.07) is 10.8. The highest BCUT2D eigenvalue weighted by atomic mass is 16.1. The van der Waals surface area contributed by atoms with E-state index in [1.807, 2.05) is 18.5 Å². The summed E-state index contributed by atoms with van der Waals surface area (Å²) < 4.78 is 2.49. The molecule has 0 spiro atoms. The van der Waals surface area contributed by atoms with Gasteiger partial charge in [0.2, 0.25) is 0 Å². The summed E-state index contributed by atoms with van der Waals surface area (Å²) in [5, 5.41) is 0. The first-order chi connectivity index (χ1) is 12.7. The van der Waals surface area contributed by atoms with Crippen molar-refractivity contribution in [2.75, 3.05) is 7.05 Å². The van der Waals surface area contributed by atoms with Crippen molar-refractivity contribution in [3.63, 3.8) is 0 Å². The van der Waals surface area contributed by atoms with Crippen LogP contribution in [0.4, 0.5) is 5.69 Å². The van der Waals surface area contributed by atoms with E-state index in [9.17, 15) is 4.79 Å². The number of carbonyl (C=O) groups is 1. The van der Waals surface area contributed by atoms with Gasteiger partial charge in [-0.25, -0.2) is 19.2 Å². The molecule has 1 amide bonds. The molecule has 5 nitrogen and oxygen atoms in total. The molecule has 0 saturated heterocycles. The van der Waals surface area contributed by atoms with Gasteiger partial charge in [-0.3, -0.25) is 0 Å². The monoisotopic (exact) mass is 349 g/mol. The Balaban J connectivity index is 1.61. The van der Waals surface area contributed by atoms with Crippen LogP contribution >= 0.6 is 0 Å². The second-order valence-corrected chi connectivity index (χ2v) is 7.48. The molecule has 1 aromatic carbocycles. The maximum absolute atomic E-state index is 12.1. The first-order valence-corrected chi connectivity index (χ1v) is 9.37. The molecule has 4 rings (SSSR count). The summed E-state index contributed by atoms with van der Waals surface area (Å²) in [5.74, 6) is 0. The highest BCUT2D eigenvalue weighted by molar-refractivity contribution is 5.70. The molecule has 26 heavy (non-hydrogen) atoms. The second-order valence-electron chi connectivity index (χ2n) is 7.48. The zero-order chi connectivity index (χ0) is 18.0. The number of rotatable bonds is 5. The van der Waals surface area contributed by atoms with Gasteiger partial charge in [-0.1, -0.05) is 18.6 Å². The standard InChI is InChI=1S/C21H25N4O/c1-25(16-26,18-7-3-2-4-8-18)19-9-5-6-17(12-19)13-24-11-10-20-21(14-24)23-15-22-20/h5-6,9-12,14-16,18H,2-4,7-8,13H2,1H3/q+1. The number of benzene rings is 1.